The number of carbonyl (C=O) groups excluding carboxylic acids is 1. The Bertz CT molecular complexity index is 608. The molecule has 0 atom stereocenters. The molecule has 0 saturated heterocycles. The first kappa shape index (κ1) is 14.1. The van der Waals surface area contributed by atoms with Crippen LogP contribution in [0.3, 0.4) is 0 Å². The van der Waals surface area contributed by atoms with Gasteiger partial charge in [-0.15, -0.1) is 0 Å². The van der Waals surface area contributed by atoms with E-state index < -0.39 is 11.7 Å². The van der Waals surface area contributed by atoms with Gasteiger partial charge in [-0.1, -0.05) is 11.6 Å². The third kappa shape index (κ3) is 3.35. The van der Waals surface area contributed by atoms with Crippen molar-refractivity contribution >= 4 is 11.6 Å². The molecule has 20 heavy (non-hydrogen) atoms. The van der Waals surface area contributed by atoms with Crippen LogP contribution in [0, 0.1) is 12.7 Å². The fraction of sp³-hybridized carbons (Fsp3) is 0.188. The highest BCUT2D eigenvalue weighted by Crippen LogP contribution is 2.17. The number of hydrogen-bond donors (Lipinski definition) is 1. The Morgan fingerprint density at radius 2 is 1.90 bits per heavy atom. The van der Waals surface area contributed by atoms with Gasteiger partial charge in [-0.3, -0.25) is 4.79 Å². The molecule has 0 unspecified atom stereocenters. The van der Waals surface area contributed by atoms with Crippen LogP contribution in [-0.2, 0) is 0 Å². The quantitative estimate of drug-likeness (QED) is 0.920. The maximum Gasteiger partial charge on any atom is 0.258 e. The van der Waals surface area contributed by atoms with Crippen LogP contribution < -0.4 is 10.1 Å². The van der Waals surface area contributed by atoms with E-state index in [0.29, 0.717) is 12.3 Å². The first-order valence-electron chi connectivity index (χ1n) is 6.40. The summed E-state index contributed by atoms with van der Waals surface area (Å²) in [6.07, 6.45) is 0. The third-order valence-corrected chi connectivity index (χ3v) is 2.79. The Kier molecular flexibility index (Phi) is 4.35. The van der Waals surface area contributed by atoms with E-state index in [9.17, 15) is 9.18 Å². The second kappa shape index (κ2) is 6.19. The van der Waals surface area contributed by atoms with Crippen LogP contribution in [-0.4, -0.2) is 12.5 Å². The van der Waals surface area contributed by atoms with E-state index in [2.05, 4.69) is 5.32 Å². The van der Waals surface area contributed by atoms with Crippen molar-refractivity contribution in [1.29, 1.82) is 0 Å². The van der Waals surface area contributed by atoms with Crippen LogP contribution in [0.1, 0.15) is 22.8 Å². The van der Waals surface area contributed by atoms with E-state index in [4.69, 9.17) is 4.74 Å². The highest BCUT2D eigenvalue weighted by atomic mass is 19.1. The SMILES string of the molecule is CCOc1ccc(NC(=O)c2cc(C)ccc2F)cc1. The van der Waals surface area contributed by atoms with E-state index >= 15 is 0 Å². The molecule has 0 bridgehead atoms. The molecule has 2 rings (SSSR count). The molecule has 0 spiro atoms. The minimum absolute atomic E-state index is 0.0406. The third-order valence-electron chi connectivity index (χ3n) is 2.79. The first-order valence-corrected chi connectivity index (χ1v) is 6.40. The molecule has 0 aliphatic heterocycles. The fourth-order valence-electron chi connectivity index (χ4n) is 1.81. The predicted molar refractivity (Wildman–Crippen MR) is 76.7 cm³/mol. The number of aryl methyl sites for hydroxylation is 1. The molecule has 2 aromatic rings. The van der Waals surface area contributed by atoms with Crippen LogP contribution in [0.2, 0.25) is 0 Å². The monoisotopic (exact) mass is 273 g/mol. The molecule has 0 aliphatic rings. The fourth-order valence-corrected chi connectivity index (χ4v) is 1.81. The zero-order chi connectivity index (χ0) is 14.5. The molecule has 0 radical (unpaired) electrons. The smallest absolute Gasteiger partial charge is 0.258 e. The summed E-state index contributed by atoms with van der Waals surface area (Å²) in [6, 6.07) is 11.4. The maximum absolute atomic E-state index is 13.6. The molecule has 1 N–H and O–H groups in total. The lowest BCUT2D eigenvalue weighted by atomic mass is 10.1. The summed E-state index contributed by atoms with van der Waals surface area (Å²) >= 11 is 0. The maximum atomic E-state index is 13.6. The molecule has 0 heterocycles. The number of hydrogen-bond acceptors (Lipinski definition) is 2. The Morgan fingerprint density at radius 3 is 2.55 bits per heavy atom. The van der Waals surface area contributed by atoms with Gasteiger partial charge in [-0.2, -0.15) is 0 Å². The number of amides is 1. The molecule has 0 saturated carbocycles. The van der Waals surface area contributed by atoms with Gasteiger partial charge in [0.15, 0.2) is 0 Å². The predicted octanol–water partition coefficient (Wildman–Crippen LogP) is 3.79. The number of carbonyl (C=O) groups is 1. The van der Waals surface area contributed by atoms with E-state index in [-0.39, 0.29) is 5.56 Å². The van der Waals surface area contributed by atoms with Crippen LogP contribution in [0.15, 0.2) is 42.5 Å². The second-order valence-corrected chi connectivity index (χ2v) is 4.39. The molecular weight excluding hydrogens is 257 g/mol. The van der Waals surface area contributed by atoms with Crippen molar-refractivity contribution in [3.8, 4) is 5.75 Å². The minimum atomic E-state index is -0.529. The van der Waals surface area contributed by atoms with Crippen LogP contribution in [0.4, 0.5) is 10.1 Å². The van der Waals surface area contributed by atoms with Crippen molar-refractivity contribution in [2.24, 2.45) is 0 Å². The summed E-state index contributed by atoms with van der Waals surface area (Å²) in [4.78, 5) is 12.0. The second-order valence-electron chi connectivity index (χ2n) is 4.39. The van der Waals surface area contributed by atoms with Gasteiger partial charge >= 0.3 is 0 Å². The van der Waals surface area contributed by atoms with E-state index in [0.717, 1.165) is 11.3 Å². The number of ether oxygens (including phenoxy) is 1. The van der Waals surface area contributed by atoms with Gasteiger partial charge in [-0.05, 0) is 50.2 Å². The summed E-state index contributed by atoms with van der Waals surface area (Å²) in [5.74, 6) is -0.262. The van der Waals surface area contributed by atoms with Crippen molar-refractivity contribution in [3.63, 3.8) is 0 Å². The Hall–Kier alpha value is -2.36. The number of benzene rings is 2. The molecule has 2 aromatic carbocycles. The Labute approximate surface area is 117 Å². The van der Waals surface area contributed by atoms with Crippen LogP contribution in [0.5, 0.6) is 5.75 Å². The van der Waals surface area contributed by atoms with E-state index in [1.165, 1.54) is 12.1 Å². The number of anilines is 1. The molecule has 0 aromatic heterocycles. The summed E-state index contributed by atoms with van der Waals surface area (Å²) < 4.78 is 18.9. The average Bonchev–Trinajstić information content (AvgIpc) is 2.44. The number of halogens is 1. The molecule has 0 aliphatic carbocycles. The Balaban J connectivity index is 2.13. The summed E-state index contributed by atoms with van der Waals surface area (Å²) in [5.41, 5.74) is 1.47. The summed E-state index contributed by atoms with van der Waals surface area (Å²) in [5, 5.41) is 2.66. The minimum Gasteiger partial charge on any atom is -0.494 e. The van der Waals surface area contributed by atoms with Crippen molar-refractivity contribution in [2.45, 2.75) is 13.8 Å². The topological polar surface area (TPSA) is 38.3 Å². The van der Waals surface area contributed by atoms with Crippen molar-refractivity contribution in [1.82, 2.24) is 0 Å². The summed E-state index contributed by atoms with van der Waals surface area (Å²) in [7, 11) is 0. The average molecular weight is 273 g/mol. The largest absolute Gasteiger partial charge is 0.494 e. The number of rotatable bonds is 4. The van der Waals surface area contributed by atoms with E-state index in [1.54, 1.807) is 30.3 Å². The highest BCUT2D eigenvalue weighted by Gasteiger charge is 2.12. The van der Waals surface area contributed by atoms with Crippen LogP contribution in [0.25, 0.3) is 0 Å². The van der Waals surface area contributed by atoms with Gasteiger partial charge < -0.3 is 10.1 Å². The normalized spacial score (nSPS) is 10.2. The van der Waals surface area contributed by atoms with Gasteiger partial charge in [0, 0.05) is 5.69 Å². The van der Waals surface area contributed by atoms with Gasteiger partial charge in [0.05, 0.1) is 12.2 Å². The molecule has 3 nitrogen and oxygen atoms in total. The lowest BCUT2D eigenvalue weighted by Gasteiger charge is -2.08. The van der Waals surface area contributed by atoms with Gasteiger partial charge in [0.2, 0.25) is 0 Å². The lowest BCUT2D eigenvalue weighted by Crippen LogP contribution is -2.13. The lowest BCUT2D eigenvalue weighted by molar-refractivity contribution is 0.102. The van der Waals surface area contributed by atoms with Gasteiger partial charge in [0.25, 0.3) is 5.91 Å². The van der Waals surface area contributed by atoms with Crippen LogP contribution >= 0.6 is 0 Å². The highest BCUT2D eigenvalue weighted by molar-refractivity contribution is 6.04. The Morgan fingerprint density at radius 1 is 1.20 bits per heavy atom. The van der Waals surface area contributed by atoms with Crippen molar-refractivity contribution in [3.05, 3.63) is 59.4 Å². The van der Waals surface area contributed by atoms with Crippen molar-refractivity contribution in [2.75, 3.05) is 11.9 Å². The van der Waals surface area contributed by atoms with Crippen molar-refractivity contribution < 1.29 is 13.9 Å². The van der Waals surface area contributed by atoms with Gasteiger partial charge in [-0.25, -0.2) is 4.39 Å². The standard InChI is InChI=1S/C16H16FNO2/c1-3-20-13-7-5-12(6-8-13)18-16(19)14-10-11(2)4-9-15(14)17/h4-10H,3H2,1-2H3,(H,18,19). The molecule has 104 valence electrons. The van der Waals surface area contributed by atoms with E-state index in [1.807, 2.05) is 13.8 Å². The van der Waals surface area contributed by atoms with Gasteiger partial charge in [0.1, 0.15) is 11.6 Å². The molecule has 4 heteroatoms. The first-order chi connectivity index (χ1) is 9.60. The number of nitrogens with one attached hydrogen (secondary N) is 1. The summed E-state index contributed by atoms with van der Waals surface area (Å²) in [6.45, 7) is 4.30. The molecular formula is C16H16FNO2. The molecule has 0 fully saturated rings. The molecule has 1 amide bonds. The zero-order valence-corrected chi connectivity index (χ0v) is 11.4. The zero-order valence-electron chi connectivity index (χ0n) is 11.4.